The second kappa shape index (κ2) is 8.82. The summed E-state index contributed by atoms with van der Waals surface area (Å²) in [4.78, 5) is 47.6. The number of allylic oxidation sites excluding steroid dienone is 4. The summed E-state index contributed by atoms with van der Waals surface area (Å²) < 4.78 is 15.7. The summed E-state index contributed by atoms with van der Waals surface area (Å²) in [7, 11) is 0. The van der Waals surface area contributed by atoms with Gasteiger partial charge in [-0.2, -0.15) is 0 Å². The Morgan fingerprint density at radius 2 is 0.968 bits per heavy atom. The van der Waals surface area contributed by atoms with Crippen molar-refractivity contribution in [2.75, 3.05) is 26.4 Å². The van der Waals surface area contributed by atoms with E-state index in [4.69, 9.17) is 14.2 Å². The van der Waals surface area contributed by atoms with Crippen LogP contribution in [0.5, 0.6) is 0 Å². The molecule has 4 aliphatic rings. The van der Waals surface area contributed by atoms with Crippen molar-refractivity contribution in [3.05, 3.63) is 24.3 Å². The second-order valence-corrected chi connectivity index (χ2v) is 8.62. The van der Waals surface area contributed by atoms with Gasteiger partial charge in [0.05, 0.1) is 36.9 Å². The molecule has 4 bridgehead atoms. The molecule has 2 N–H and O–H groups in total. The van der Waals surface area contributed by atoms with E-state index in [2.05, 4.69) is 0 Å². The van der Waals surface area contributed by atoms with Crippen molar-refractivity contribution in [3.8, 4) is 0 Å². The lowest BCUT2D eigenvalue weighted by Crippen LogP contribution is -2.35. The van der Waals surface area contributed by atoms with Crippen LogP contribution in [-0.4, -0.2) is 60.5 Å². The van der Waals surface area contributed by atoms with E-state index >= 15 is 0 Å². The van der Waals surface area contributed by atoms with Gasteiger partial charge in [0, 0.05) is 0 Å². The highest BCUT2D eigenvalue weighted by Crippen LogP contribution is 2.49. The molecule has 0 aliphatic heterocycles. The Morgan fingerprint density at radius 1 is 0.613 bits per heavy atom. The number of carbonyl (C=O) groups excluding carboxylic acids is 2. The van der Waals surface area contributed by atoms with E-state index in [1.165, 1.54) is 0 Å². The van der Waals surface area contributed by atoms with Gasteiger partial charge in [-0.3, -0.25) is 19.2 Å². The van der Waals surface area contributed by atoms with E-state index in [0.29, 0.717) is 12.8 Å². The molecule has 8 unspecified atom stereocenters. The minimum Gasteiger partial charge on any atom is -0.481 e. The number of rotatable bonds is 10. The first kappa shape index (κ1) is 21.5. The van der Waals surface area contributed by atoms with Crippen LogP contribution >= 0.6 is 0 Å². The molecule has 0 amide bonds. The Hall–Kier alpha value is -2.68. The molecule has 31 heavy (non-hydrogen) atoms. The standard InChI is InChI=1S/C22H26O9/c23-19(24)15-11-1-3-13(9-11)17(15)21(27)30-7-5-29-6-8-31-22(28)18-14-4-2-12(10-14)16(18)20(25)26/h1-4,11-18H,5-10H2,(H,23,24)(H,25,26). The van der Waals surface area contributed by atoms with Crippen LogP contribution in [-0.2, 0) is 33.4 Å². The number of carboxylic acids is 2. The minimum absolute atomic E-state index is 0.0189. The van der Waals surface area contributed by atoms with Crippen LogP contribution in [0.3, 0.4) is 0 Å². The fourth-order valence-electron chi connectivity index (χ4n) is 5.66. The predicted octanol–water partition coefficient (Wildman–Crippen LogP) is 1.14. The Kier molecular flexibility index (Phi) is 6.13. The molecule has 0 saturated heterocycles. The van der Waals surface area contributed by atoms with E-state index in [1.54, 1.807) is 0 Å². The average Bonchev–Trinajstić information content (AvgIpc) is 3.51. The SMILES string of the molecule is O=C(O)C1C2C=CC(C2)C1C(=O)OCCOCCOC(=O)C1C2C=CC(C2)C1C(=O)O. The highest BCUT2D eigenvalue weighted by atomic mass is 16.6. The maximum absolute atomic E-state index is 12.3. The first-order valence-electron chi connectivity index (χ1n) is 10.6. The van der Waals surface area contributed by atoms with Gasteiger partial charge < -0.3 is 24.4 Å². The Bertz CT molecular complexity index is 750. The molecule has 2 fully saturated rings. The molecular formula is C22H26O9. The number of fused-ring (bicyclic) bond motifs is 4. The topological polar surface area (TPSA) is 136 Å². The summed E-state index contributed by atoms with van der Waals surface area (Å²) in [5, 5.41) is 18.8. The molecule has 2 saturated carbocycles. The van der Waals surface area contributed by atoms with Crippen LogP contribution in [0.1, 0.15) is 12.8 Å². The van der Waals surface area contributed by atoms with Crippen LogP contribution in [0.15, 0.2) is 24.3 Å². The maximum atomic E-state index is 12.3. The fraction of sp³-hybridized carbons (Fsp3) is 0.636. The van der Waals surface area contributed by atoms with Crippen molar-refractivity contribution < 1.29 is 43.6 Å². The molecule has 0 aromatic heterocycles. The zero-order chi connectivity index (χ0) is 22.1. The number of esters is 2. The van der Waals surface area contributed by atoms with Crippen LogP contribution in [0.2, 0.25) is 0 Å². The van der Waals surface area contributed by atoms with Gasteiger partial charge in [0.25, 0.3) is 0 Å². The van der Waals surface area contributed by atoms with Gasteiger partial charge in [0.15, 0.2) is 0 Å². The van der Waals surface area contributed by atoms with Gasteiger partial charge in [-0.25, -0.2) is 0 Å². The van der Waals surface area contributed by atoms with E-state index < -0.39 is 47.5 Å². The normalized spacial score (nSPS) is 36.6. The van der Waals surface area contributed by atoms with Crippen molar-refractivity contribution in [2.24, 2.45) is 47.3 Å². The molecule has 9 heteroatoms. The maximum Gasteiger partial charge on any atom is 0.310 e. The summed E-state index contributed by atoms with van der Waals surface area (Å²) in [6, 6.07) is 0. The quantitative estimate of drug-likeness (QED) is 0.294. The summed E-state index contributed by atoms with van der Waals surface area (Å²) in [5.74, 6) is -6.21. The van der Waals surface area contributed by atoms with E-state index in [0.717, 1.165) is 0 Å². The van der Waals surface area contributed by atoms with E-state index in [1.807, 2.05) is 24.3 Å². The van der Waals surface area contributed by atoms with Gasteiger partial charge in [-0.05, 0) is 36.5 Å². The lowest BCUT2D eigenvalue weighted by Gasteiger charge is -2.23. The van der Waals surface area contributed by atoms with Crippen molar-refractivity contribution in [1.82, 2.24) is 0 Å². The zero-order valence-corrected chi connectivity index (χ0v) is 16.9. The average molecular weight is 434 g/mol. The number of carbonyl (C=O) groups is 4. The van der Waals surface area contributed by atoms with Gasteiger partial charge in [-0.15, -0.1) is 0 Å². The molecule has 4 rings (SSSR count). The summed E-state index contributed by atoms with van der Waals surface area (Å²) in [6.45, 7) is 0.141. The van der Waals surface area contributed by atoms with Crippen molar-refractivity contribution in [1.29, 1.82) is 0 Å². The van der Waals surface area contributed by atoms with Crippen LogP contribution in [0, 0.1) is 47.3 Å². The number of carboxylic acid groups (broad SMARTS) is 2. The van der Waals surface area contributed by atoms with Crippen molar-refractivity contribution in [2.45, 2.75) is 12.8 Å². The van der Waals surface area contributed by atoms with Crippen LogP contribution in [0.25, 0.3) is 0 Å². The van der Waals surface area contributed by atoms with Crippen LogP contribution < -0.4 is 0 Å². The third-order valence-electron chi connectivity index (χ3n) is 6.98. The Morgan fingerprint density at radius 3 is 1.32 bits per heavy atom. The van der Waals surface area contributed by atoms with Crippen molar-refractivity contribution >= 4 is 23.9 Å². The molecule has 0 radical (unpaired) electrons. The molecule has 0 spiro atoms. The summed E-state index contributed by atoms with van der Waals surface area (Å²) >= 11 is 0. The smallest absolute Gasteiger partial charge is 0.310 e. The molecule has 4 aliphatic carbocycles. The van der Waals surface area contributed by atoms with E-state index in [-0.39, 0.29) is 50.1 Å². The molecule has 0 aromatic rings. The van der Waals surface area contributed by atoms with Gasteiger partial charge in [0.2, 0.25) is 0 Å². The highest BCUT2D eigenvalue weighted by molar-refractivity contribution is 5.84. The molecule has 9 nitrogen and oxygen atoms in total. The highest BCUT2D eigenvalue weighted by Gasteiger charge is 2.53. The lowest BCUT2D eigenvalue weighted by molar-refractivity contribution is -0.161. The fourth-order valence-corrected chi connectivity index (χ4v) is 5.66. The molecular weight excluding hydrogens is 408 g/mol. The monoisotopic (exact) mass is 434 g/mol. The largest absolute Gasteiger partial charge is 0.481 e. The molecule has 8 atom stereocenters. The van der Waals surface area contributed by atoms with Gasteiger partial charge in [0.1, 0.15) is 13.2 Å². The van der Waals surface area contributed by atoms with Gasteiger partial charge >= 0.3 is 23.9 Å². The first-order chi connectivity index (χ1) is 14.9. The predicted molar refractivity (Wildman–Crippen MR) is 103 cm³/mol. The molecule has 168 valence electrons. The Balaban J connectivity index is 1.12. The Labute approximate surface area is 179 Å². The molecule has 0 heterocycles. The number of hydrogen-bond donors (Lipinski definition) is 2. The van der Waals surface area contributed by atoms with Crippen molar-refractivity contribution in [3.63, 3.8) is 0 Å². The third kappa shape index (κ3) is 4.11. The van der Waals surface area contributed by atoms with Crippen LogP contribution in [0.4, 0.5) is 0 Å². The second-order valence-electron chi connectivity index (χ2n) is 8.62. The number of ether oxygens (including phenoxy) is 3. The number of hydrogen-bond acceptors (Lipinski definition) is 7. The lowest BCUT2D eigenvalue weighted by atomic mass is 9.83. The minimum atomic E-state index is -0.979. The third-order valence-corrected chi connectivity index (χ3v) is 6.98. The van der Waals surface area contributed by atoms with Gasteiger partial charge in [-0.1, -0.05) is 24.3 Å². The number of aliphatic carboxylic acids is 2. The first-order valence-corrected chi connectivity index (χ1v) is 10.6. The summed E-state index contributed by atoms with van der Waals surface area (Å²) in [6.07, 6.45) is 8.84. The molecule has 0 aromatic carbocycles. The summed E-state index contributed by atoms with van der Waals surface area (Å²) in [5.41, 5.74) is 0. The zero-order valence-electron chi connectivity index (χ0n) is 16.9. The van der Waals surface area contributed by atoms with E-state index in [9.17, 15) is 29.4 Å².